The van der Waals surface area contributed by atoms with Crippen molar-refractivity contribution in [3.8, 4) is 5.13 Å². The molecule has 3 aromatic heterocycles. The Balaban J connectivity index is 0.00000196. The van der Waals surface area contributed by atoms with Gasteiger partial charge in [0.25, 0.3) is 0 Å². The number of thiazole rings is 1. The SMILES string of the molecule is [Cs+].[NH-][C@@H]1CCN(c2ccc3c(=O)c(C(=O)O)cn(-c4nccs4)c3n2)C1. The van der Waals surface area contributed by atoms with Crippen LogP contribution in [0.15, 0.2) is 34.7 Å². The van der Waals surface area contributed by atoms with Crippen LogP contribution in [0.3, 0.4) is 0 Å². The molecule has 4 rings (SSSR count). The molecule has 1 fully saturated rings. The molecule has 128 valence electrons. The van der Waals surface area contributed by atoms with Crippen LogP contribution in [0.4, 0.5) is 5.82 Å². The number of fused-ring (bicyclic) bond motifs is 1. The first-order chi connectivity index (χ1) is 12.0. The summed E-state index contributed by atoms with van der Waals surface area (Å²) in [6.45, 7) is 1.33. The Morgan fingerprint density at radius 1 is 1.38 bits per heavy atom. The first-order valence-corrected chi connectivity index (χ1v) is 8.58. The number of anilines is 1. The van der Waals surface area contributed by atoms with Crippen molar-refractivity contribution in [2.75, 3.05) is 18.0 Å². The van der Waals surface area contributed by atoms with Gasteiger partial charge in [0.15, 0.2) is 10.8 Å². The molecule has 0 bridgehead atoms. The standard InChI is InChI=1S/C16H14N5O3S.Cs/c17-9-3-5-20(7-9)12-2-1-10-13(22)11(15(23)24)8-21(14(10)19-12)16-18-4-6-25-16;/h1-2,4,6,8-9,17H,3,5,7H2,(H,23,24);/q-1;+1/t9-;/m1./s1. The number of rotatable bonds is 3. The number of carboxylic acids is 1. The maximum atomic E-state index is 12.5. The van der Waals surface area contributed by atoms with Crippen LogP contribution in [-0.2, 0) is 0 Å². The summed E-state index contributed by atoms with van der Waals surface area (Å²) in [5, 5.41) is 11.9. The van der Waals surface area contributed by atoms with Crippen LogP contribution < -0.4 is 79.2 Å². The Labute approximate surface area is 211 Å². The second-order valence-electron chi connectivity index (χ2n) is 5.83. The maximum Gasteiger partial charge on any atom is 1.00 e. The Morgan fingerprint density at radius 2 is 2.19 bits per heavy atom. The van der Waals surface area contributed by atoms with E-state index in [0.717, 1.165) is 13.0 Å². The molecule has 4 heterocycles. The van der Waals surface area contributed by atoms with Gasteiger partial charge in [0.05, 0.1) is 5.39 Å². The van der Waals surface area contributed by atoms with Gasteiger partial charge in [-0.05, 0) is 12.1 Å². The van der Waals surface area contributed by atoms with Crippen molar-refractivity contribution >= 4 is 34.2 Å². The minimum atomic E-state index is -1.28. The Morgan fingerprint density at radius 3 is 2.81 bits per heavy atom. The Kier molecular flexibility index (Phi) is 6.24. The molecule has 0 spiro atoms. The van der Waals surface area contributed by atoms with Gasteiger partial charge in [-0.15, -0.1) is 17.4 Å². The minimum Gasteiger partial charge on any atom is -0.673 e. The topological polar surface area (TPSA) is 112 Å². The van der Waals surface area contributed by atoms with Crippen LogP contribution in [-0.4, -0.2) is 44.7 Å². The van der Waals surface area contributed by atoms with E-state index in [1.807, 2.05) is 4.90 Å². The summed E-state index contributed by atoms with van der Waals surface area (Å²) in [5.41, 5.74) is 7.34. The number of aromatic carboxylic acids is 1. The summed E-state index contributed by atoms with van der Waals surface area (Å²) >= 11 is 1.33. The van der Waals surface area contributed by atoms with Crippen molar-refractivity contribution in [2.45, 2.75) is 12.5 Å². The average Bonchev–Trinajstić information content (AvgIpc) is 3.26. The molecule has 2 N–H and O–H groups in total. The predicted molar refractivity (Wildman–Crippen MR) is 94.9 cm³/mol. The van der Waals surface area contributed by atoms with Crippen LogP contribution in [0.2, 0.25) is 0 Å². The molecule has 0 aromatic carbocycles. The molecule has 8 nitrogen and oxygen atoms in total. The molecule has 1 atom stereocenters. The largest absolute Gasteiger partial charge is 1.00 e. The van der Waals surface area contributed by atoms with Gasteiger partial charge in [0.2, 0.25) is 5.43 Å². The predicted octanol–water partition coefficient (Wildman–Crippen LogP) is -0.825. The first-order valence-electron chi connectivity index (χ1n) is 7.70. The van der Waals surface area contributed by atoms with Gasteiger partial charge in [0.1, 0.15) is 11.4 Å². The fourth-order valence-electron chi connectivity index (χ4n) is 2.97. The van der Waals surface area contributed by atoms with E-state index in [2.05, 4.69) is 9.97 Å². The summed E-state index contributed by atoms with van der Waals surface area (Å²) in [7, 11) is 0. The number of nitrogens with zero attached hydrogens (tertiary/aromatic N) is 4. The van der Waals surface area contributed by atoms with Gasteiger partial charge in [-0.3, -0.25) is 9.36 Å². The monoisotopic (exact) mass is 489 g/mol. The third kappa shape index (κ3) is 3.65. The molecule has 3 aromatic rings. The second kappa shape index (κ2) is 8.11. The molecule has 26 heavy (non-hydrogen) atoms. The van der Waals surface area contributed by atoms with Crippen LogP contribution in [0.1, 0.15) is 16.8 Å². The smallest absolute Gasteiger partial charge is 0.673 e. The maximum absolute atomic E-state index is 12.5. The van der Waals surface area contributed by atoms with Gasteiger partial charge in [0, 0.05) is 30.9 Å². The van der Waals surface area contributed by atoms with Crippen LogP contribution in [0.5, 0.6) is 0 Å². The molecule has 1 aliphatic rings. The van der Waals surface area contributed by atoms with Crippen molar-refractivity contribution in [3.05, 3.63) is 51.4 Å². The quantitative estimate of drug-likeness (QED) is 0.515. The molecule has 0 amide bonds. The summed E-state index contributed by atoms with van der Waals surface area (Å²) in [4.78, 5) is 34.7. The van der Waals surface area contributed by atoms with E-state index in [1.165, 1.54) is 17.5 Å². The van der Waals surface area contributed by atoms with Gasteiger partial charge in [-0.25, -0.2) is 14.8 Å². The number of aromatic nitrogens is 3. The normalized spacial score (nSPS) is 16.7. The van der Waals surface area contributed by atoms with Crippen molar-refractivity contribution in [2.24, 2.45) is 0 Å². The molecule has 0 saturated carbocycles. The van der Waals surface area contributed by atoms with E-state index in [-0.39, 0.29) is 85.9 Å². The molecule has 10 heteroatoms. The van der Waals surface area contributed by atoms with Gasteiger partial charge in [-0.2, -0.15) is 0 Å². The van der Waals surface area contributed by atoms with Gasteiger partial charge in [-0.1, -0.05) is 6.42 Å². The van der Waals surface area contributed by atoms with Crippen LogP contribution >= 0.6 is 11.3 Å². The van der Waals surface area contributed by atoms with Crippen molar-refractivity contribution in [3.63, 3.8) is 0 Å². The number of carbonyl (C=O) groups is 1. The molecule has 0 radical (unpaired) electrons. The number of nitrogens with one attached hydrogen (secondary N) is 1. The summed E-state index contributed by atoms with van der Waals surface area (Å²) in [5.74, 6) is -0.604. The third-order valence-corrected chi connectivity index (χ3v) is 4.97. The van der Waals surface area contributed by atoms with Crippen molar-refractivity contribution in [1.82, 2.24) is 14.5 Å². The molecule has 1 saturated heterocycles. The zero-order chi connectivity index (χ0) is 17.6. The number of hydrogen-bond acceptors (Lipinski definition) is 6. The Bertz CT molecular complexity index is 1020. The number of hydrogen-bond donors (Lipinski definition) is 1. The van der Waals surface area contributed by atoms with E-state index in [4.69, 9.17) is 5.73 Å². The van der Waals surface area contributed by atoms with Gasteiger partial charge < -0.3 is 15.7 Å². The van der Waals surface area contributed by atoms with Crippen molar-refractivity contribution in [1.29, 1.82) is 0 Å². The van der Waals surface area contributed by atoms with Crippen molar-refractivity contribution < 1.29 is 78.8 Å². The van der Waals surface area contributed by atoms with E-state index < -0.39 is 11.4 Å². The fourth-order valence-corrected chi connectivity index (χ4v) is 3.59. The summed E-state index contributed by atoms with van der Waals surface area (Å²) in [6, 6.07) is 3.17. The molecule has 1 aliphatic heterocycles. The second-order valence-corrected chi connectivity index (χ2v) is 6.71. The van der Waals surface area contributed by atoms with E-state index >= 15 is 0 Å². The average molecular weight is 489 g/mol. The van der Waals surface area contributed by atoms with Crippen LogP contribution in [0, 0.1) is 0 Å². The van der Waals surface area contributed by atoms with Gasteiger partial charge >= 0.3 is 74.9 Å². The zero-order valence-corrected chi connectivity index (χ0v) is 21.1. The van der Waals surface area contributed by atoms with E-state index in [0.29, 0.717) is 23.1 Å². The third-order valence-electron chi connectivity index (χ3n) is 4.20. The molecular formula is C16H14CsN5O3S. The Hall–Kier alpha value is -0.728. The molecule has 0 unspecified atom stereocenters. The molecular weight excluding hydrogens is 475 g/mol. The number of pyridine rings is 2. The minimum absolute atomic E-state index is 0. The van der Waals surface area contributed by atoms with Crippen LogP contribution in [0.25, 0.3) is 21.9 Å². The van der Waals surface area contributed by atoms with E-state index in [9.17, 15) is 14.7 Å². The fraction of sp³-hybridized carbons (Fsp3) is 0.250. The number of carboxylic acid groups (broad SMARTS) is 1. The molecule has 0 aliphatic carbocycles. The summed E-state index contributed by atoms with van der Waals surface area (Å²) < 4.78 is 1.54. The zero-order valence-electron chi connectivity index (χ0n) is 14.0. The summed E-state index contributed by atoms with van der Waals surface area (Å²) in [6.07, 6.45) is 3.66. The first kappa shape index (κ1) is 20.0. The van der Waals surface area contributed by atoms with E-state index in [1.54, 1.807) is 28.3 Å².